The molecule has 0 spiro atoms. The van der Waals surface area contributed by atoms with E-state index < -0.39 is 0 Å². The summed E-state index contributed by atoms with van der Waals surface area (Å²) in [6, 6.07) is 17.4. The number of benzene rings is 2. The van der Waals surface area contributed by atoms with E-state index in [1.165, 1.54) is 0 Å². The van der Waals surface area contributed by atoms with Crippen LogP contribution in [0.15, 0.2) is 54.6 Å². The highest BCUT2D eigenvalue weighted by Gasteiger charge is 2.37. The third kappa shape index (κ3) is 3.22. The fourth-order valence-corrected chi connectivity index (χ4v) is 3.50. The molecule has 6 nitrogen and oxygen atoms in total. The Balaban J connectivity index is 1.52. The number of anilines is 1. The molecular formula is C20H21N3O3. The monoisotopic (exact) mass is 351 g/mol. The van der Waals surface area contributed by atoms with Crippen LogP contribution in [0.25, 0.3) is 0 Å². The predicted molar refractivity (Wildman–Crippen MR) is 97.8 cm³/mol. The van der Waals surface area contributed by atoms with Gasteiger partial charge in [0.05, 0.1) is 11.7 Å². The van der Waals surface area contributed by atoms with Gasteiger partial charge in [-0.1, -0.05) is 48.5 Å². The number of hydrogen-bond donors (Lipinski definition) is 1. The highest BCUT2D eigenvalue weighted by Crippen LogP contribution is 2.31. The standard InChI is InChI=1S/C20H21N3O3/c24-19(21-12-15-6-2-1-3-7-15)22-11-10-17-14-26-20(25)23(17)18-9-5-4-8-16(18)13-22/h1-9,17H,10-14H2,(H,21,24)/t17-/m0/s1. The number of cyclic esters (lactones) is 1. The Morgan fingerprint density at radius 2 is 1.88 bits per heavy atom. The highest BCUT2D eigenvalue weighted by atomic mass is 16.6. The van der Waals surface area contributed by atoms with Gasteiger partial charge in [-0.05, 0) is 23.6 Å². The number of amides is 3. The van der Waals surface area contributed by atoms with Crippen LogP contribution in [-0.4, -0.2) is 36.2 Å². The molecule has 26 heavy (non-hydrogen) atoms. The molecule has 0 bridgehead atoms. The molecule has 0 radical (unpaired) electrons. The maximum Gasteiger partial charge on any atom is 0.414 e. The van der Waals surface area contributed by atoms with Crippen LogP contribution in [0.5, 0.6) is 0 Å². The zero-order chi connectivity index (χ0) is 17.9. The van der Waals surface area contributed by atoms with Gasteiger partial charge >= 0.3 is 12.1 Å². The first-order valence-corrected chi connectivity index (χ1v) is 8.83. The Morgan fingerprint density at radius 1 is 1.12 bits per heavy atom. The van der Waals surface area contributed by atoms with Gasteiger partial charge < -0.3 is 15.0 Å². The Labute approximate surface area is 152 Å². The Hall–Kier alpha value is -3.02. The van der Waals surface area contributed by atoms with Crippen molar-refractivity contribution in [2.75, 3.05) is 18.1 Å². The number of rotatable bonds is 2. The van der Waals surface area contributed by atoms with Gasteiger partial charge in [-0.15, -0.1) is 0 Å². The minimum absolute atomic E-state index is 0.0339. The van der Waals surface area contributed by atoms with E-state index in [2.05, 4.69) is 5.32 Å². The number of hydrogen-bond acceptors (Lipinski definition) is 3. The smallest absolute Gasteiger partial charge is 0.414 e. The number of urea groups is 1. The second-order valence-corrected chi connectivity index (χ2v) is 6.58. The van der Waals surface area contributed by atoms with E-state index in [9.17, 15) is 9.59 Å². The lowest BCUT2D eigenvalue weighted by Crippen LogP contribution is -2.45. The Kier molecular flexibility index (Phi) is 4.48. The molecule has 1 saturated heterocycles. The van der Waals surface area contributed by atoms with Crippen LogP contribution >= 0.6 is 0 Å². The van der Waals surface area contributed by atoms with Gasteiger partial charge in [0.1, 0.15) is 6.61 Å². The molecule has 2 heterocycles. The summed E-state index contributed by atoms with van der Waals surface area (Å²) in [7, 11) is 0. The zero-order valence-corrected chi connectivity index (χ0v) is 14.4. The second kappa shape index (κ2) is 7.07. The lowest BCUT2D eigenvalue weighted by Gasteiger charge is -2.32. The molecule has 6 heteroatoms. The summed E-state index contributed by atoms with van der Waals surface area (Å²) in [4.78, 5) is 28.4. The van der Waals surface area contributed by atoms with Gasteiger partial charge in [-0.3, -0.25) is 4.90 Å². The zero-order valence-electron chi connectivity index (χ0n) is 14.4. The molecule has 2 aromatic carbocycles. The number of carbonyl (C=O) groups is 2. The maximum absolute atomic E-state index is 12.7. The first kappa shape index (κ1) is 16.4. The van der Waals surface area contributed by atoms with Crippen molar-refractivity contribution in [1.82, 2.24) is 10.2 Å². The van der Waals surface area contributed by atoms with Crippen molar-refractivity contribution < 1.29 is 14.3 Å². The minimum atomic E-state index is -0.301. The van der Waals surface area contributed by atoms with Crippen LogP contribution in [0.3, 0.4) is 0 Å². The van der Waals surface area contributed by atoms with E-state index in [1.807, 2.05) is 59.5 Å². The molecule has 0 aliphatic carbocycles. The summed E-state index contributed by atoms with van der Waals surface area (Å²) in [5.41, 5.74) is 2.85. The number of fused-ring (bicyclic) bond motifs is 3. The first-order valence-electron chi connectivity index (χ1n) is 8.83. The van der Waals surface area contributed by atoms with Gasteiger partial charge in [0.2, 0.25) is 0 Å². The van der Waals surface area contributed by atoms with E-state index >= 15 is 0 Å². The molecule has 4 rings (SSSR count). The van der Waals surface area contributed by atoms with Gasteiger partial charge in [-0.2, -0.15) is 0 Å². The van der Waals surface area contributed by atoms with E-state index in [0.717, 1.165) is 16.8 Å². The van der Waals surface area contributed by atoms with Gasteiger partial charge in [0.25, 0.3) is 0 Å². The van der Waals surface area contributed by atoms with Crippen LogP contribution in [0, 0.1) is 0 Å². The molecular weight excluding hydrogens is 330 g/mol. The summed E-state index contributed by atoms with van der Waals surface area (Å²) >= 11 is 0. The van der Waals surface area contributed by atoms with E-state index in [1.54, 1.807) is 4.90 Å². The lowest BCUT2D eigenvalue weighted by molar-refractivity contribution is 0.176. The van der Waals surface area contributed by atoms with Crippen molar-refractivity contribution >= 4 is 17.8 Å². The van der Waals surface area contributed by atoms with E-state index in [0.29, 0.717) is 32.7 Å². The average molecular weight is 351 g/mol. The van der Waals surface area contributed by atoms with E-state index in [4.69, 9.17) is 4.74 Å². The van der Waals surface area contributed by atoms with Gasteiger partial charge in [0, 0.05) is 19.6 Å². The number of nitrogens with zero attached hydrogens (tertiary/aromatic N) is 2. The Morgan fingerprint density at radius 3 is 2.73 bits per heavy atom. The normalized spacial score (nSPS) is 19.1. The first-order chi connectivity index (χ1) is 12.7. The van der Waals surface area contributed by atoms with Crippen LogP contribution in [0.1, 0.15) is 17.5 Å². The summed E-state index contributed by atoms with van der Waals surface area (Å²) in [5, 5.41) is 2.99. The minimum Gasteiger partial charge on any atom is -0.447 e. The molecule has 134 valence electrons. The number of para-hydroxylation sites is 1. The molecule has 0 unspecified atom stereocenters. The van der Waals surface area contributed by atoms with Crippen LogP contribution in [0.2, 0.25) is 0 Å². The quantitative estimate of drug-likeness (QED) is 0.904. The van der Waals surface area contributed by atoms with Gasteiger partial charge in [0.15, 0.2) is 0 Å². The molecule has 1 fully saturated rings. The largest absolute Gasteiger partial charge is 0.447 e. The second-order valence-electron chi connectivity index (χ2n) is 6.58. The van der Waals surface area contributed by atoms with Crippen LogP contribution < -0.4 is 10.2 Å². The average Bonchev–Trinajstić information content (AvgIpc) is 3.02. The third-order valence-corrected chi connectivity index (χ3v) is 4.88. The summed E-state index contributed by atoms with van der Waals surface area (Å²) in [5.74, 6) is 0. The lowest BCUT2D eigenvalue weighted by atomic mass is 10.1. The third-order valence-electron chi connectivity index (χ3n) is 4.88. The SMILES string of the molecule is O=C(NCc1ccccc1)N1CC[C@H]2COC(=O)N2c2ccccc2C1. The molecule has 1 atom stereocenters. The molecule has 1 N–H and O–H groups in total. The Bertz CT molecular complexity index is 809. The topological polar surface area (TPSA) is 61.9 Å². The summed E-state index contributed by atoms with van der Waals surface area (Å²) in [6.45, 7) is 1.90. The summed E-state index contributed by atoms with van der Waals surface area (Å²) in [6.07, 6.45) is 0.392. The fraction of sp³-hybridized carbons (Fsp3) is 0.300. The van der Waals surface area contributed by atoms with Crippen molar-refractivity contribution in [2.24, 2.45) is 0 Å². The van der Waals surface area contributed by atoms with Crippen molar-refractivity contribution in [3.8, 4) is 0 Å². The number of ether oxygens (including phenoxy) is 1. The van der Waals surface area contributed by atoms with Crippen molar-refractivity contribution in [2.45, 2.75) is 25.6 Å². The highest BCUT2D eigenvalue weighted by molar-refractivity contribution is 5.91. The summed E-state index contributed by atoms with van der Waals surface area (Å²) < 4.78 is 5.24. The van der Waals surface area contributed by atoms with Crippen LogP contribution in [-0.2, 0) is 17.8 Å². The number of nitrogens with one attached hydrogen (secondary N) is 1. The fourth-order valence-electron chi connectivity index (χ4n) is 3.50. The molecule has 2 aromatic rings. The molecule has 2 aliphatic heterocycles. The van der Waals surface area contributed by atoms with Crippen molar-refractivity contribution in [3.05, 3.63) is 65.7 Å². The molecule has 2 aliphatic rings. The van der Waals surface area contributed by atoms with Crippen molar-refractivity contribution in [3.63, 3.8) is 0 Å². The number of carbonyl (C=O) groups excluding carboxylic acids is 2. The van der Waals surface area contributed by atoms with Gasteiger partial charge in [-0.25, -0.2) is 9.59 Å². The molecule has 0 aromatic heterocycles. The molecule has 3 amide bonds. The van der Waals surface area contributed by atoms with Crippen LogP contribution in [0.4, 0.5) is 15.3 Å². The predicted octanol–water partition coefficient (Wildman–Crippen LogP) is 3.13. The van der Waals surface area contributed by atoms with E-state index in [-0.39, 0.29) is 18.2 Å². The van der Waals surface area contributed by atoms with Crippen molar-refractivity contribution in [1.29, 1.82) is 0 Å². The maximum atomic E-state index is 12.7. The molecule has 0 saturated carbocycles.